The summed E-state index contributed by atoms with van der Waals surface area (Å²) in [5.41, 5.74) is 0. The fourth-order valence-corrected chi connectivity index (χ4v) is 2.35. The zero-order valence-electron chi connectivity index (χ0n) is 11.5. The van der Waals surface area contributed by atoms with Crippen molar-refractivity contribution in [3.63, 3.8) is 0 Å². The molecule has 0 bridgehead atoms. The van der Waals surface area contributed by atoms with Gasteiger partial charge in [0.25, 0.3) is 0 Å². The molecule has 1 aromatic rings. The van der Waals surface area contributed by atoms with E-state index in [1.165, 1.54) is 11.8 Å². The molecule has 1 rings (SSSR count). The molecule has 1 N–H and O–H groups in total. The lowest BCUT2D eigenvalue weighted by Gasteiger charge is -2.12. The molecular formula is C12H20N4O2S. The van der Waals surface area contributed by atoms with Gasteiger partial charge in [0.15, 0.2) is 5.16 Å². The maximum absolute atomic E-state index is 11.7. The topological polar surface area (TPSA) is 69.0 Å². The van der Waals surface area contributed by atoms with Crippen LogP contribution >= 0.6 is 11.8 Å². The Kier molecular flexibility index (Phi) is 6.58. The lowest BCUT2D eigenvalue weighted by Crippen LogP contribution is -2.36. The number of thioether (sulfide) groups is 1. The Bertz CT molecular complexity index is 433. The second-order valence-electron chi connectivity index (χ2n) is 4.14. The van der Waals surface area contributed by atoms with Gasteiger partial charge in [0.2, 0.25) is 5.91 Å². The highest BCUT2D eigenvalue weighted by Crippen LogP contribution is 2.16. The number of methoxy groups -OCH3 is 1. The van der Waals surface area contributed by atoms with E-state index >= 15 is 0 Å². The predicted octanol–water partition coefficient (Wildman–Crippen LogP) is 1.02. The third-order valence-electron chi connectivity index (χ3n) is 2.37. The summed E-state index contributed by atoms with van der Waals surface area (Å²) in [4.78, 5) is 11.7. The fourth-order valence-electron chi connectivity index (χ4n) is 1.55. The zero-order chi connectivity index (χ0) is 14.3. The summed E-state index contributed by atoms with van der Waals surface area (Å²) >= 11 is 1.36. The van der Waals surface area contributed by atoms with Gasteiger partial charge < -0.3 is 14.6 Å². The average Bonchev–Trinajstić information content (AvgIpc) is 2.69. The Morgan fingerprint density at radius 3 is 3.00 bits per heavy atom. The molecular weight excluding hydrogens is 264 g/mol. The van der Waals surface area contributed by atoms with Gasteiger partial charge in [0.05, 0.1) is 12.4 Å². The highest BCUT2D eigenvalue weighted by Gasteiger charge is 2.12. The number of aromatic nitrogens is 3. The summed E-state index contributed by atoms with van der Waals surface area (Å²) in [6, 6.07) is 0.00545. The number of rotatable bonds is 8. The van der Waals surface area contributed by atoms with Crippen molar-refractivity contribution >= 4 is 17.7 Å². The number of ether oxygens (including phenoxy) is 1. The van der Waals surface area contributed by atoms with Gasteiger partial charge in [-0.1, -0.05) is 17.8 Å². The molecule has 1 aromatic heterocycles. The minimum atomic E-state index is -0.0413. The van der Waals surface area contributed by atoms with Crippen LogP contribution in [0.2, 0.25) is 0 Å². The summed E-state index contributed by atoms with van der Waals surface area (Å²) in [7, 11) is 1.61. The third-order valence-corrected chi connectivity index (χ3v) is 3.34. The molecule has 19 heavy (non-hydrogen) atoms. The van der Waals surface area contributed by atoms with Crippen LogP contribution in [0.5, 0.6) is 0 Å². The molecule has 0 aliphatic rings. The van der Waals surface area contributed by atoms with Crippen molar-refractivity contribution in [1.82, 2.24) is 20.1 Å². The summed E-state index contributed by atoms with van der Waals surface area (Å²) in [5.74, 6) is 1.08. The number of hydrogen-bond donors (Lipinski definition) is 1. The van der Waals surface area contributed by atoms with Crippen LogP contribution in [0.25, 0.3) is 0 Å². The molecule has 0 fully saturated rings. The Balaban J connectivity index is 2.48. The van der Waals surface area contributed by atoms with Gasteiger partial charge in [-0.15, -0.1) is 16.8 Å². The van der Waals surface area contributed by atoms with Crippen molar-refractivity contribution in [2.24, 2.45) is 0 Å². The van der Waals surface area contributed by atoms with Gasteiger partial charge in [-0.05, 0) is 13.8 Å². The molecule has 0 spiro atoms. The van der Waals surface area contributed by atoms with Gasteiger partial charge in [-0.25, -0.2) is 0 Å². The molecule has 1 unspecified atom stereocenters. The van der Waals surface area contributed by atoms with Crippen molar-refractivity contribution in [3.8, 4) is 0 Å². The van der Waals surface area contributed by atoms with Gasteiger partial charge in [0.1, 0.15) is 5.82 Å². The van der Waals surface area contributed by atoms with E-state index in [2.05, 4.69) is 22.1 Å². The van der Waals surface area contributed by atoms with Crippen LogP contribution in [0.1, 0.15) is 12.7 Å². The second kappa shape index (κ2) is 7.96. The Hall–Kier alpha value is -1.34. The number of aryl methyl sites for hydroxylation is 1. The van der Waals surface area contributed by atoms with Gasteiger partial charge in [0, 0.05) is 19.7 Å². The Labute approximate surface area is 117 Å². The number of amides is 1. The Morgan fingerprint density at radius 1 is 1.63 bits per heavy atom. The van der Waals surface area contributed by atoms with Crippen molar-refractivity contribution in [3.05, 3.63) is 18.5 Å². The Morgan fingerprint density at radius 2 is 2.37 bits per heavy atom. The molecule has 0 saturated heterocycles. The SMILES string of the molecule is C=CCn1c(C)nnc1SCC(=O)NC(C)COC. The van der Waals surface area contributed by atoms with E-state index < -0.39 is 0 Å². The number of allylic oxidation sites excluding steroid dienone is 1. The van der Waals surface area contributed by atoms with Crippen molar-refractivity contribution in [2.45, 2.75) is 31.6 Å². The monoisotopic (exact) mass is 284 g/mol. The molecule has 106 valence electrons. The zero-order valence-corrected chi connectivity index (χ0v) is 12.4. The second-order valence-corrected chi connectivity index (χ2v) is 5.08. The molecule has 0 saturated carbocycles. The first-order chi connectivity index (χ1) is 9.08. The summed E-state index contributed by atoms with van der Waals surface area (Å²) in [6.45, 7) is 8.61. The number of hydrogen-bond acceptors (Lipinski definition) is 5. The quantitative estimate of drug-likeness (QED) is 0.570. The number of carbonyl (C=O) groups excluding carboxylic acids is 1. The first-order valence-corrected chi connectivity index (χ1v) is 6.98. The molecule has 0 aliphatic heterocycles. The maximum Gasteiger partial charge on any atom is 0.230 e. The normalized spacial score (nSPS) is 12.2. The van der Waals surface area contributed by atoms with Crippen LogP contribution in [-0.4, -0.2) is 46.2 Å². The maximum atomic E-state index is 11.7. The van der Waals surface area contributed by atoms with Crippen molar-refractivity contribution in [1.29, 1.82) is 0 Å². The largest absolute Gasteiger partial charge is 0.383 e. The minimum Gasteiger partial charge on any atom is -0.383 e. The van der Waals surface area contributed by atoms with Gasteiger partial charge in [-0.2, -0.15) is 0 Å². The summed E-state index contributed by atoms with van der Waals surface area (Å²) < 4.78 is 6.88. The number of nitrogens with zero attached hydrogens (tertiary/aromatic N) is 3. The van der Waals surface area contributed by atoms with Crippen LogP contribution in [0.4, 0.5) is 0 Å². The standard InChI is InChI=1S/C12H20N4O2S/c1-5-6-16-10(3)14-15-12(16)19-8-11(17)13-9(2)7-18-4/h5,9H,1,6-8H2,2-4H3,(H,13,17). The first-order valence-electron chi connectivity index (χ1n) is 6.00. The summed E-state index contributed by atoms with van der Waals surface area (Å²) in [6.07, 6.45) is 1.78. The van der Waals surface area contributed by atoms with E-state index in [-0.39, 0.29) is 11.9 Å². The van der Waals surface area contributed by atoms with E-state index in [1.54, 1.807) is 13.2 Å². The van der Waals surface area contributed by atoms with Crippen LogP contribution in [-0.2, 0) is 16.1 Å². The molecule has 1 heterocycles. The molecule has 6 nitrogen and oxygen atoms in total. The molecule has 1 amide bonds. The van der Waals surface area contributed by atoms with Crippen molar-refractivity contribution in [2.75, 3.05) is 19.5 Å². The first kappa shape index (κ1) is 15.7. The van der Waals surface area contributed by atoms with Crippen molar-refractivity contribution < 1.29 is 9.53 Å². The minimum absolute atomic E-state index is 0.00545. The van der Waals surface area contributed by atoms with Crippen LogP contribution in [0.15, 0.2) is 17.8 Å². The van der Waals surface area contributed by atoms with E-state index in [4.69, 9.17) is 4.74 Å². The predicted molar refractivity (Wildman–Crippen MR) is 75.2 cm³/mol. The van der Waals surface area contributed by atoms with E-state index in [0.29, 0.717) is 18.9 Å². The van der Waals surface area contributed by atoms with Crippen LogP contribution in [0, 0.1) is 6.92 Å². The number of nitrogens with one attached hydrogen (secondary N) is 1. The smallest absolute Gasteiger partial charge is 0.230 e. The number of carbonyl (C=O) groups is 1. The highest BCUT2D eigenvalue weighted by molar-refractivity contribution is 7.99. The molecule has 0 radical (unpaired) electrons. The van der Waals surface area contributed by atoms with Gasteiger partial charge in [-0.3, -0.25) is 4.79 Å². The molecule has 1 atom stereocenters. The highest BCUT2D eigenvalue weighted by atomic mass is 32.2. The van der Waals surface area contributed by atoms with E-state index in [1.807, 2.05) is 18.4 Å². The van der Waals surface area contributed by atoms with Crippen LogP contribution in [0.3, 0.4) is 0 Å². The molecule has 7 heteroatoms. The molecule has 0 aliphatic carbocycles. The van der Waals surface area contributed by atoms with Crippen LogP contribution < -0.4 is 5.32 Å². The third kappa shape index (κ3) is 5.04. The van der Waals surface area contributed by atoms with E-state index in [9.17, 15) is 4.79 Å². The lowest BCUT2D eigenvalue weighted by molar-refractivity contribution is -0.119. The average molecular weight is 284 g/mol. The lowest BCUT2D eigenvalue weighted by atomic mass is 10.3. The summed E-state index contributed by atoms with van der Waals surface area (Å²) in [5, 5.41) is 11.6. The van der Waals surface area contributed by atoms with Gasteiger partial charge >= 0.3 is 0 Å². The van der Waals surface area contributed by atoms with E-state index in [0.717, 1.165) is 11.0 Å². The fraction of sp³-hybridized carbons (Fsp3) is 0.583. The molecule has 0 aromatic carbocycles.